The number of benzene rings is 1. The zero-order chi connectivity index (χ0) is 24.4. The summed E-state index contributed by atoms with van der Waals surface area (Å²) in [5.74, 6) is -0.815. The number of aliphatic hydroxyl groups excluding tert-OH is 1. The molecular weight excluding hydrogens is 432 g/mol. The van der Waals surface area contributed by atoms with Crippen molar-refractivity contribution in [3.8, 4) is 5.75 Å². The molecule has 1 aliphatic rings. The Bertz CT molecular complexity index is 1230. The van der Waals surface area contributed by atoms with Gasteiger partial charge in [0.05, 0.1) is 29.8 Å². The fourth-order valence-electron chi connectivity index (χ4n) is 3.86. The molecule has 1 N–H and O–H groups in total. The molecular formula is C26H26N4O4. The highest BCUT2D eigenvalue weighted by Gasteiger charge is 2.48. The van der Waals surface area contributed by atoms with Crippen LogP contribution in [0, 0.1) is 6.92 Å². The van der Waals surface area contributed by atoms with E-state index in [-0.39, 0.29) is 17.2 Å². The van der Waals surface area contributed by atoms with Gasteiger partial charge in [-0.15, -0.1) is 5.10 Å². The predicted molar refractivity (Wildman–Crippen MR) is 127 cm³/mol. The van der Waals surface area contributed by atoms with Crippen LogP contribution in [0.25, 0.3) is 5.76 Å². The number of aryl methyl sites for hydroxylation is 1. The van der Waals surface area contributed by atoms with Crippen LogP contribution in [-0.2, 0) is 9.59 Å². The molecule has 0 spiro atoms. The van der Waals surface area contributed by atoms with E-state index in [1.807, 2.05) is 19.1 Å². The van der Waals surface area contributed by atoms with Crippen LogP contribution in [-0.4, -0.2) is 38.6 Å². The number of Topliss-reactive ketones (excluding diaryl/α,β-unsaturated/α-hetero) is 1. The molecule has 34 heavy (non-hydrogen) atoms. The smallest absolute Gasteiger partial charge is 0.301 e. The van der Waals surface area contributed by atoms with Gasteiger partial charge in [0.2, 0.25) is 0 Å². The van der Waals surface area contributed by atoms with E-state index in [0.717, 1.165) is 5.56 Å². The zero-order valence-corrected chi connectivity index (χ0v) is 19.5. The third-order valence-electron chi connectivity index (χ3n) is 5.68. The van der Waals surface area contributed by atoms with Gasteiger partial charge < -0.3 is 9.84 Å². The average Bonchev–Trinajstić information content (AvgIpc) is 3.10. The number of amides is 1. The van der Waals surface area contributed by atoms with E-state index >= 15 is 0 Å². The standard InChI is InChI=1S/C26H26N4O4/c1-5-34-19-11-12-20(27-14-19)23-22(24(31)18-9-7-17(8-10-18)15(2)3)25(32)26(33)30(23)21-13-6-16(4)28-29-21/h6-15,23,31H,5H2,1-4H3. The number of anilines is 1. The summed E-state index contributed by atoms with van der Waals surface area (Å²) in [5.41, 5.74) is 2.54. The van der Waals surface area contributed by atoms with E-state index in [1.54, 1.807) is 43.3 Å². The average molecular weight is 459 g/mol. The Balaban J connectivity index is 1.87. The van der Waals surface area contributed by atoms with Crippen LogP contribution < -0.4 is 9.64 Å². The Hall–Kier alpha value is -4.07. The van der Waals surface area contributed by atoms with E-state index in [4.69, 9.17) is 4.74 Å². The van der Waals surface area contributed by atoms with Gasteiger partial charge in [-0.25, -0.2) is 0 Å². The first kappa shape index (κ1) is 23.1. The minimum absolute atomic E-state index is 0.0543. The Morgan fingerprint density at radius 3 is 2.35 bits per heavy atom. The van der Waals surface area contributed by atoms with Gasteiger partial charge in [-0.05, 0) is 49.6 Å². The van der Waals surface area contributed by atoms with E-state index in [1.165, 1.54) is 11.1 Å². The number of aliphatic hydroxyl groups is 1. The fourth-order valence-corrected chi connectivity index (χ4v) is 3.86. The van der Waals surface area contributed by atoms with Gasteiger partial charge in [0.1, 0.15) is 17.6 Å². The summed E-state index contributed by atoms with van der Waals surface area (Å²) in [6.45, 7) is 8.26. The Morgan fingerprint density at radius 1 is 1.06 bits per heavy atom. The summed E-state index contributed by atoms with van der Waals surface area (Å²) in [6.07, 6.45) is 1.53. The van der Waals surface area contributed by atoms with Crippen molar-refractivity contribution >= 4 is 23.3 Å². The van der Waals surface area contributed by atoms with Crippen molar-refractivity contribution in [2.75, 3.05) is 11.5 Å². The number of aromatic nitrogens is 3. The maximum absolute atomic E-state index is 13.2. The molecule has 1 fully saturated rings. The van der Waals surface area contributed by atoms with Gasteiger partial charge in [0.25, 0.3) is 5.78 Å². The third kappa shape index (κ3) is 4.26. The summed E-state index contributed by atoms with van der Waals surface area (Å²) < 4.78 is 5.47. The lowest BCUT2D eigenvalue weighted by Gasteiger charge is -2.23. The van der Waals surface area contributed by atoms with Crippen molar-refractivity contribution in [3.05, 3.63) is 82.8 Å². The number of ether oxygens (including phenoxy) is 1. The lowest BCUT2D eigenvalue weighted by molar-refractivity contribution is -0.132. The van der Waals surface area contributed by atoms with Gasteiger partial charge in [-0.2, -0.15) is 5.10 Å². The Kier molecular flexibility index (Phi) is 6.40. The molecule has 0 radical (unpaired) electrons. The van der Waals surface area contributed by atoms with E-state index in [2.05, 4.69) is 29.0 Å². The van der Waals surface area contributed by atoms with Crippen LogP contribution in [0.2, 0.25) is 0 Å². The molecule has 0 bridgehead atoms. The van der Waals surface area contributed by atoms with Crippen molar-refractivity contribution in [2.24, 2.45) is 0 Å². The first-order valence-electron chi connectivity index (χ1n) is 11.1. The quantitative estimate of drug-likeness (QED) is 0.333. The van der Waals surface area contributed by atoms with E-state index in [9.17, 15) is 14.7 Å². The van der Waals surface area contributed by atoms with Gasteiger partial charge in [-0.1, -0.05) is 38.1 Å². The second-order valence-corrected chi connectivity index (χ2v) is 8.33. The molecule has 1 atom stereocenters. The Labute approximate surface area is 197 Å². The lowest BCUT2D eigenvalue weighted by Crippen LogP contribution is -2.30. The van der Waals surface area contributed by atoms with Gasteiger partial charge in [0, 0.05) is 5.56 Å². The topological polar surface area (TPSA) is 106 Å². The lowest BCUT2D eigenvalue weighted by atomic mass is 9.96. The summed E-state index contributed by atoms with van der Waals surface area (Å²) in [6, 6.07) is 13.0. The highest BCUT2D eigenvalue weighted by Crippen LogP contribution is 2.41. The van der Waals surface area contributed by atoms with Gasteiger partial charge in [-0.3, -0.25) is 19.5 Å². The molecule has 0 saturated carbocycles. The summed E-state index contributed by atoms with van der Waals surface area (Å²) in [7, 11) is 0. The monoisotopic (exact) mass is 458 g/mol. The van der Waals surface area contributed by atoms with Crippen LogP contribution in [0.3, 0.4) is 0 Å². The van der Waals surface area contributed by atoms with Crippen LogP contribution in [0.1, 0.15) is 55.2 Å². The third-order valence-corrected chi connectivity index (χ3v) is 5.68. The predicted octanol–water partition coefficient (Wildman–Crippen LogP) is 4.33. The summed E-state index contributed by atoms with van der Waals surface area (Å²) in [4.78, 5) is 32.0. The molecule has 1 unspecified atom stereocenters. The normalized spacial score (nSPS) is 17.4. The number of pyridine rings is 1. The van der Waals surface area contributed by atoms with Crippen molar-refractivity contribution in [1.29, 1.82) is 0 Å². The van der Waals surface area contributed by atoms with Crippen molar-refractivity contribution in [1.82, 2.24) is 15.2 Å². The number of hydrogen-bond donors (Lipinski definition) is 1. The maximum Gasteiger partial charge on any atom is 0.301 e. The number of nitrogens with zero attached hydrogens (tertiary/aromatic N) is 4. The number of hydrogen-bond acceptors (Lipinski definition) is 7. The zero-order valence-electron chi connectivity index (χ0n) is 19.5. The number of rotatable bonds is 6. The minimum atomic E-state index is -0.975. The van der Waals surface area contributed by atoms with Crippen molar-refractivity contribution in [3.63, 3.8) is 0 Å². The highest BCUT2D eigenvalue weighted by molar-refractivity contribution is 6.51. The van der Waals surface area contributed by atoms with Crippen LogP contribution in [0.15, 0.2) is 60.3 Å². The number of ketones is 1. The van der Waals surface area contributed by atoms with Crippen LogP contribution >= 0.6 is 0 Å². The molecule has 8 heteroatoms. The van der Waals surface area contributed by atoms with E-state index in [0.29, 0.717) is 35.2 Å². The number of carbonyl (C=O) groups is 2. The molecule has 1 aliphatic heterocycles. The molecule has 3 aromatic rings. The second-order valence-electron chi connectivity index (χ2n) is 8.33. The van der Waals surface area contributed by atoms with Crippen molar-refractivity contribution < 1.29 is 19.4 Å². The van der Waals surface area contributed by atoms with Crippen LogP contribution in [0.5, 0.6) is 5.75 Å². The van der Waals surface area contributed by atoms with Gasteiger partial charge in [0.15, 0.2) is 5.82 Å². The first-order chi connectivity index (χ1) is 16.3. The molecule has 4 rings (SSSR count). The minimum Gasteiger partial charge on any atom is -0.507 e. The Morgan fingerprint density at radius 2 is 1.79 bits per heavy atom. The summed E-state index contributed by atoms with van der Waals surface area (Å²) >= 11 is 0. The largest absolute Gasteiger partial charge is 0.507 e. The number of carbonyl (C=O) groups excluding carboxylic acids is 2. The molecule has 8 nitrogen and oxygen atoms in total. The summed E-state index contributed by atoms with van der Waals surface area (Å²) in [5, 5.41) is 19.4. The molecule has 0 aliphatic carbocycles. The molecule has 1 saturated heterocycles. The first-order valence-corrected chi connectivity index (χ1v) is 11.1. The highest BCUT2D eigenvalue weighted by atomic mass is 16.5. The molecule has 1 aromatic carbocycles. The van der Waals surface area contributed by atoms with Gasteiger partial charge >= 0.3 is 5.91 Å². The molecule has 1 amide bonds. The molecule has 2 aromatic heterocycles. The van der Waals surface area contributed by atoms with Crippen LogP contribution in [0.4, 0.5) is 5.82 Å². The fraction of sp³-hybridized carbons (Fsp3) is 0.269. The molecule has 3 heterocycles. The SMILES string of the molecule is CCOc1ccc(C2C(=C(O)c3ccc(C(C)C)cc3)C(=O)C(=O)N2c2ccc(C)nn2)nc1. The van der Waals surface area contributed by atoms with Crippen molar-refractivity contribution in [2.45, 2.75) is 39.7 Å². The second kappa shape index (κ2) is 9.43. The maximum atomic E-state index is 13.2. The molecule has 174 valence electrons. The van der Waals surface area contributed by atoms with E-state index < -0.39 is 17.7 Å².